The van der Waals surface area contributed by atoms with Gasteiger partial charge in [-0.3, -0.25) is 4.79 Å². The lowest BCUT2D eigenvalue weighted by atomic mass is 10.1. The zero-order valence-corrected chi connectivity index (χ0v) is 14.6. The summed E-state index contributed by atoms with van der Waals surface area (Å²) >= 11 is 1.58. The van der Waals surface area contributed by atoms with Gasteiger partial charge < -0.3 is 9.84 Å². The van der Waals surface area contributed by atoms with Gasteiger partial charge in [-0.1, -0.05) is 30.8 Å². The van der Waals surface area contributed by atoms with Gasteiger partial charge in [0.05, 0.1) is 18.6 Å². The molecule has 0 atom stereocenters. The van der Waals surface area contributed by atoms with Crippen molar-refractivity contribution in [2.24, 2.45) is 0 Å². The fourth-order valence-corrected chi connectivity index (χ4v) is 3.20. The standard InChI is InChI=1S/C19H20O4S/c1-3-14-12-16(9-10-17(14)19(22)23-4-2)24-15-7-5-13(6-8-15)11-18(20)21/h5-10,12H,3-4,11H2,1-2H3,(H,20,21). The first-order valence-corrected chi connectivity index (χ1v) is 8.63. The Morgan fingerprint density at radius 1 is 1.04 bits per heavy atom. The van der Waals surface area contributed by atoms with Crippen molar-refractivity contribution < 1.29 is 19.4 Å². The predicted octanol–water partition coefficient (Wildman–Crippen LogP) is 4.20. The summed E-state index contributed by atoms with van der Waals surface area (Å²) < 4.78 is 5.08. The minimum Gasteiger partial charge on any atom is -0.481 e. The summed E-state index contributed by atoms with van der Waals surface area (Å²) in [6, 6.07) is 13.2. The molecule has 2 aromatic rings. The van der Waals surface area contributed by atoms with Gasteiger partial charge in [-0.05, 0) is 54.8 Å². The third kappa shape index (κ3) is 4.86. The molecule has 1 N–H and O–H groups in total. The van der Waals surface area contributed by atoms with Gasteiger partial charge in [0.15, 0.2) is 0 Å². The van der Waals surface area contributed by atoms with E-state index in [2.05, 4.69) is 0 Å². The number of rotatable bonds is 7. The molecular weight excluding hydrogens is 324 g/mol. The Kier molecular flexibility index (Phi) is 6.44. The average molecular weight is 344 g/mol. The van der Waals surface area contributed by atoms with Crippen LogP contribution in [0.25, 0.3) is 0 Å². The van der Waals surface area contributed by atoms with Crippen molar-refractivity contribution in [2.45, 2.75) is 36.5 Å². The molecule has 0 aliphatic rings. The van der Waals surface area contributed by atoms with Crippen molar-refractivity contribution in [3.63, 3.8) is 0 Å². The maximum atomic E-state index is 11.9. The van der Waals surface area contributed by atoms with Crippen LogP contribution in [0.2, 0.25) is 0 Å². The predicted molar refractivity (Wildman–Crippen MR) is 93.7 cm³/mol. The van der Waals surface area contributed by atoms with Crippen LogP contribution in [0.3, 0.4) is 0 Å². The van der Waals surface area contributed by atoms with Crippen molar-refractivity contribution in [2.75, 3.05) is 6.61 Å². The van der Waals surface area contributed by atoms with Crippen LogP contribution in [-0.4, -0.2) is 23.7 Å². The average Bonchev–Trinajstić information content (AvgIpc) is 2.56. The van der Waals surface area contributed by atoms with Crippen molar-refractivity contribution in [3.05, 3.63) is 59.2 Å². The van der Waals surface area contributed by atoms with E-state index in [0.29, 0.717) is 12.2 Å². The number of hydrogen-bond donors (Lipinski definition) is 1. The zero-order valence-electron chi connectivity index (χ0n) is 13.7. The van der Waals surface area contributed by atoms with E-state index in [1.807, 2.05) is 43.3 Å². The Morgan fingerprint density at radius 3 is 2.29 bits per heavy atom. The minimum absolute atomic E-state index is 0.0270. The lowest BCUT2D eigenvalue weighted by Gasteiger charge is -2.10. The number of benzene rings is 2. The van der Waals surface area contributed by atoms with Gasteiger partial charge in [0, 0.05) is 9.79 Å². The van der Waals surface area contributed by atoms with Crippen LogP contribution in [0, 0.1) is 0 Å². The second-order valence-electron chi connectivity index (χ2n) is 5.21. The Labute approximate surface area is 145 Å². The molecule has 0 saturated carbocycles. The highest BCUT2D eigenvalue weighted by atomic mass is 32.2. The number of carboxylic acid groups (broad SMARTS) is 1. The highest BCUT2D eigenvalue weighted by molar-refractivity contribution is 7.99. The maximum Gasteiger partial charge on any atom is 0.338 e. The lowest BCUT2D eigenvalue weighted by Crippen LogP contribution is -2.07. The molecule has 0 aliphatic heterocycles. The quantitative estimate of drug-likeness (QED) is 0.763. The zero-order chi connectivity index (χ0) is 17.5. The lowest BCUT2D eigenvalue weighted by molar-refractivity contribution is -0.136. The summed E-state index contributed by atoms with van der Waals surface area (Å²) in [5.74, 6) is -1.12. The van der Waals surface area contributed by atoms with Crippen molar-refractivity contribution >= 4 is 23.7 Å². The van der Waals surface area contributed by atoms with Crippen molar-refractivity contribution in [3.8, 4) is 0 Å². The fraction of sp³-hybridized carbons (Fsp3) is 0.263. The van der Waals surface area contributed by atoms with E-state index in [1.54, 1.807) is 24.8 Å². The summed E-state index contributed by atoms with van der Waals surface area (Å²) in [6.07, 6.45) is 0.777. The van der Waals surface area contributed by atoms with Crippen LogP contribution in [-0.2, 0) is 22.4 Å². The number of carbonyl (C=O) groups excluding carboxylic acids is 1. The van der Waals surface area contributed by atoms with Gasteiger partial charge in [0.25, 0.3) is 0 Å². The van der Waals surface area contributed by atoms with E-state index in [4.69, 9.17) is 9.84 Å². The van der Waals surface area contributed by atoms with Gasteiger partial charge in [-0.25, -0.2) is 4.79 Å². The van der Waals surface area contributed by atoms with Crippen LogP contribution < -0.4 is 0 Å². The van der Waals surface area contributed by atoms with E-state index in [1.165, 1.54) is 0 Å². The molecule has 24 heavy (non-hydrogen) atoms. The smallest absolute Gasteiger partial charge is 0.338 e. The van der Waals surface area contributed by atoms with Gasteiger partial charge in [-0.15, -0.1) is 0 Å². The summed E-state index contributed by atoms with van der Waals surface area (Å²) in [5.41, 5.74) is 2.35. The summed E-state index contributed by atoms with van der Waals surface area (Å²) in [7, 11) is 0. The largest absolute Gasteiger partial charge is 0.481 e. The van der Waals surface area contributed by atoms with Crippen LogP contribution in [0.5, 0.6) is 0 Å². The SMILES string of the molecule is CCOC(=O)c1ccc(Sc2ccc(CC(=O)O)cc2)cc1CC. The molecule has 0 unspecified atom stereocenters. The number of ether oxygens (including phenoxy) is 1. The molecule has 0 aliphatic carbocycles. The molecule has 126 valence electrons. The third-order valence-electron chi connectivity index (χ3n) is 3.47. The normalized spacial score (nSPS) is 10.4. The molecule has 4 nitrogen and oxygen atoms in total. The van der Waals surface area contributed by atoms with Gasteiger partial charge in [0.2, 0.25) is 0 Å². The number of carbonyl (C=O) groups is 2. The number of esters is 1. The Balaban J connectivity index is 2.15. The van der Waals surface area contributed by atoms with Crippen molar-refractivity contribution in [1.82, 2.24) is 0 Å². The molecule has 5 heteroatoms. The highest BCUT2D eigenvalue weighted by Gasteiger charge is 2.12. The minimum atomic E-state index is -0.836. The summed E-state index contributed by atoms with van der Waals surface area (Å²) in [5, 5.41) is 8.80. The molecule has 0 bridgehead atoms. The second-order valence-corrected chi connectivity index (χ2v) is 6.36. The monoisotopic (exact) mass is 344 g/mol. The molecule has 0 aromatic heterocycles. The number of carboxylic acids is 1. The number of aliphatic carboxylic acids is 1. The number of hydrogen-bond acceptors (Lipinski definition) is 4. The molecule has 2 aromatic carbocycles. The topological polar surface area (TPSA) is 63.6 Å². The van der Waals surface area contributed by atoms with E-state index in [0.717, 1.165) is 27.3 Å². The first kappa shape index (κ1) is 18.1. The Morgan fingerprint density at radius 2 is 1.71 bits per heavy atom. The Hall–Kier alpha value is -2.27. The summed E-state index contributed by atoms with van der Waals surface area (Å²) in [4.78, 5) is 24.7. The van der Waals surface area contributed by atoms with Crippen LogP contribution in [0.4, 0.5) is 0 Å². The van der Waals surface area contributed by atoms with Gasteiger partial charge >= 0.3 is 11.9 Å². The maximum absolute atomic E-state index is 11.9. The fourth-order valence-electron chi connectivity index (χ4n) is 2.32. The Bertz CT molecular complexity index is 723. The van der Waals surface area contributed by atoms with E-state index in [9.17, 15) is 9.59 Å². The second kappa shape index (κ2) is 8.55. The van der Waals surface area contributed by atoms with E-state index >= 15 is 0 Å². The molecule has 2 rings (SSSR count). The molecular formula is C19H20O4S. The molecule has 0 radical (unpaired) electrons. The molecule has 0 amide bonds. The van der Waals surface area contributed by atoms with Crippen LogP contribution in [0.15, 0.2) is 52.3 Å². The van der Waals surface area contributed by atoms with Gasteiger partial charge in [0.1, 0.15) is 0 Å². The van der Waals surface area contributed by atoms with E-state index < -0.39 is 5.97 Å². The first-order valence-electron chi connectivity index (χ1n) is 7.82. The van der Waals surface area contributed by atoms with E-state index in [-0.39, 0.29) is 12.4 Å². The first-order chi connectivity index (χ1) is 11.5. The number of aryl methyl sites for hydroxylation is 1. The van der Waals surface area contributed by atoms with Crippen LogP contribution >= 0.6 is 11.8 Å². The highest BCUT2D eigenvalue weighted by Crippen LogP contribution is 2.30. The molecule has 0 saturated heterocycles. The molecule has 0 spiro atoms. The van der Waals surface area contributed by atoms with Gasteiger partial charge in [-0.2, -0.15) is 0 Å². The third-order valence-corrected chi connectivity index (χ3v) is 4.46. The van der Waals surface area contributed by atoms with Crippen LogP contribution in [0.1, 0.15) is 35.3 Å². The van der Waals surface area contributed by atoms with Crippen molar-refractivity contribution in [1.29, 1.82) is 0 Å². The molecule has 0 fully saturated rings. The molecule has 0 heterocycles. The summed E-state index contributed by atoms with van der Waals surface area (Å²) in [6.45, 7) is 4.16.